The lowest BCUT2D eigenvalue weighted by molar-refractivity contribution is -0.139. The molecule has 1 aliphatic rings. The van der Waals surface area contributed by atoms with Gasteiger partial charge in [-0.2, -0.15) is 0 Å². The van der Waals surface area contributed by atoms with Crippen LogP contribution in [0.1, 0.15) is 51.4 Å². The van der Waals surface area contributed by atoms with E-state index in [1.165, 1.54) is 6.42 Å². The van der Waals surface area contributed by atoms with Gasteiger partial charge in [0.05, 0.1) is 13.2 Å². The molecular weight excluding hydrogens is 294 g/mol. The Kier molecular flexibility index (Phi) is 17.9. The van der Waals surface area contributed by atoms with E-state index >= 15 is 0 Å². The second-order valence-electron chi connectivity index (χ2n) is 4.60. The fraction of sp³-hybridized carbons (Fsp3) is 0.786. The number of carbonyl (C=O) groups is 3. The van der Waals surface area contributed by atoms with E-state index in [1.807, 2.05) is 0 Å². The predicted molar refractivity (Wildman–Crippen MR) is 79.4 cm³/mol. The monoisotopic (exact) mass is 321 g/mol. The van der Waals surface area contributed by atoms with Gasteiger partial charge in [-0.3, -0.25) is 14.4 Å². The van der Waals surface area contributed by atoms with Gasteiger partial charge in [0.15, 0.2) is 0 Å². The van der Waals surface area contributed by atoms with Gasteiger partial charge >= 0.3 is 11.9 Å². The average molecular weight is 321 g/mol. The summed E-state index contributed by atoms with van der Waals surface area (Å²) in [6, 6.07) is 0. The molecule has 1 rings (SSSR count). The molecule has 1 aliphatic heterocycles. The zero-order valence-corrected chi connectivity index (χ0v) is 12.8. The van der Waals surface area contributed by atoms with Crippen molar-refractivity contribution in [3.05, 3.63) is 0 Å². The van der Waals surface area contributed by atoms with Crippen LogP contribution in [0.3, 0.4) is 0 Å². The Labute approximate surface area is 130 Å². The molecule has 22 heavy (non-hydrogen) atoms. The third-order valence-electron chi connectivity index (χ3n) is 2.53. The van der Waals surface area contributed by atoms with E-state index < -0.39 is 11.9 Å². The summed E-state index contributed by atoms with van der Waals surface area (Å²) < 4.78 is 0. The Hall–Kier alpha value is -1.67. The molecule has 8 heteroatoms. The number of aliphatic carboxylic acids is 2. The van der Waals surface area contributed by atoms with Gasteiger partial charge < -0.3 is 25.7 Å². The van der Waals surface area contributed by atoms with Crippen molar-refractivity contribution in [3.63, 3.8) is 0 Å². The summed E-state index contributed by atoms with van der Waals surface area (Å²) in [5, 5.41) is 34.3. The van der Waals surface area contributed by atoms with E-state index in [-0.39, 0.29) is 32.0 Å². The fourth-order valence-corrected chi connectivity index (χ4v) is 1.46. The standard InChI is InChI=1S/C6H11NO.C6H10O4.C2H6O2/c8-6-4-2-1-3-5-7-6;7-5(8)3-1-2-4-6(9)10;3-1-2-4/h1-5H2,(H,7,8);1-4H2,(H,7,8)(H,9,10);3-4H,1-2H2. The zero-order chi connectivity index (χ0) is 17.2. The van der Waals surface area contributed by atoms with Crippen molar-refractivity contribution < 1.29 is 34.8 Å². The molecular formula is C14H27NO7. The molecule has 0 unspecified atom stereocenters. The Bertz CT molecular complexity index is 280. The van der Waals surface area contributed by atoms with Crippen LogP contribution in [0.5, 0.6) is 0 Å². The smallest absolute Gasteiger partial charge is 0.303 e. The van der Waals surface area contributed by atoms with Gasteiger partial charge in [0.1, 0.15) is 0 Å². The first-order valence-electron chi connectivity index (χ1n) is 7.36. The van der Waals surface area contributed by atoms with E-state index in [1.54, 1.807) is 0 Å². The second kappa shape index (κ2) is 17.4. The largest absolute Gasteiger partial charge is 0.481 e. The molecule has 0 spiro atoms. The van der Waals surface area contributed by atoms with E-state index in [2.05, 4.69) is 5.32 Å². The van der Waals surface area contributed by atoms with Crippen molar-refractivity contribution in [3.8, 4) is 0 Å². The highest BCUT2D eigenvalue weighted by Crippen LogP contribution is 2.02. The summed E-state index contributed by atoms with van der Waals surface area (Å²) in [6.07, 6.45) is 5.19. The highest BCUT2D eigenvalue weighted by Gasteiger charge is 2.03. The molecule has 0 saturated carbocycles. The number of carbonyl (C=O) groups excluding carboxylic acids is 1. The number of carboxylic acid groups (broad SMARTS) is 2. The molecule has 0 radical (unpaired) electrons. The maximum absolute atomic E-state index is 10.6. The first kappa shape index (κ1) is 22.6. The summed E-state index contributed by atoms with van der Waals surface area (Å²) in [7, 11) is 0. The van der Waals surface area contributed by atoms with Crippen molar-refractivity contribution in [1.29, 1.82) is 0 Å². The van der Waals surface area contributed by atoms with Crippen molar-refractivity contribution in [1.82, 2.24) is 5.32 Å². The van der Waals surface area contributed by atoms with E-state index in [4.69, 9.17) is 20.4 Å². The van der Waals surface area contributed by atoms with Gasteiger partial charge in [-0.15, -0.1) is 0 Å². The number of amides is 1. The Morgan fingerprint density at radius 2 is 1.41 bits per heavy atom. The Balaban J connectivity index is 0. The van der Waals surface area contributed by atoms with Crippen LogP contribution in [-0.2, 0) is 14.4 Å². The van der Waals surface area contributed by atoms with Gasteiger partial charge in [-0.1, -0.05) is 6.42 Å². The molecule has 0 aliphatic carbocycles. The minimum Gasteiger partial charge on any atom is -0.481 e. The zero-order valence-electron chi connectivity index (χ0n) is 12.8. The SMILES string of the molecule is O=C(O)CCCCC(=O)O.O=C1CCCCCN1.OCCO. The lowest BCUT2D eigenvalue weighted by Gasteiger charge is -1.93. The van der Waals surface area contributed by atoms with Gasteiger partial charge in [-0.05, 0) is 25.7 Å². The molecule has 1 saturated heterocycles. The molecule has 130 valence electrons. The number of rotatable bonds is 6. The molecule has 0 bridgehead atoms. The third kappa shape index (κ3) is 23.4. The molecule has 8 nitrogen and oxygen atoms in total. The van der Waals surface area contributed by atoms with Crippen LogP contribution in [0.15, 0.2) is 0 Å². The molecule has 5 N–H and O–H groups in total. The van der Waals surface area contributed by atoms with E-state index in [9.17, 15) is 14.4 Å². The van der Waals surface area contributed by atoms with Crippen LogP contribution < -0.4 is 5.32 Å². The molecule has 0 aromatic rings. The number of aliphatic hydroxyl groups excluding tert-OH is 2. The lowest BCUT2D eigenvalue weighted by Crippen LogP contribution is -2.21. The van der Waals surface area contributed by atoms with Crippen molar-refractivity contribution in [2.24, 2.45) is 0 Å². The van der Waals surface area contributed by atoms with Crippen LogP contribution in [0, 0.1) is 0 Å². The highest BCUT2D eigenvalue weighted by molar-refractivity contribution is 5.75. The maximum Gasteiger partial charge on any atom is 0.303 e. The number of carboxylic acids is 2. The van der Waals surface area contributed by atoms with Crippen molar-refractivity contribution in [2.45, 2.75) is 51.4 Å². The number of aliphatic hydroxyl groups is 2. The van der Waals surface area contributed by atoms with Gasteiger partial charge in [0, 0.05) is 25.8 Å². The summed E-state index contributed by atoms with van der Waals surface area (Å²) in [5.41, 5.74) is 0. The Morgan fingerprint density at radius 1 is 0.909 bits per heavy atom. The Morgan fingerprint density at radius 3 is 1.82 bits per heavy atom. The summed E-state index contributed by atoms with van der Waals surface area (Å²) in [4.78, 5) is 30.4. The highest BCUT2D eigenvalue weighted by atomic mass is 16.4. The minimum absolute atomic E-state index is 0.0628. The van der Waals surface area contributed by atoms with Crippen LogP contribution >= 0.6 is 0 Å². The number of hydrogen-bond acceptors (Lipinski definition) is 5. The predicted octanol–water partition coefficient (Wildman–Crippen LogP) is 0.364. The maximum atomic E-state index is 10.6. The summed E-state index contributed by atoms with van der Waals surface area (Å²) >= 11 is 0. The van der Waals surface area contributed by atoms with Crippen molar-refractivity contribution >= 4 is 17.8 Å². The van der Waals surface area contributed by atoms with Crippen LogP contribution in [0.2, 0.25) is 0 Å². The second-order valence-corrected chi connectivity index (χ2v) is 4.60. The number of unbranched alkanes of at least 4 members (excludes halogenated alkanes) is 1. The topological polar surface area (TPSA) is 144 Å². The van der Waals surface area contributed by atoms with Crippen LogP contribution in [-0.4, -0.2) is 58.0 Å². The third-order valence-corrected chi connectivity index (χ3v) is 2.53. The van der Waals surface area contributed by atoms with Gasteiger partial charge in [-0.25, -0.2) is 0 Å². The quantitative estimate of drug-likeness (QED) is 0.444. The lowest BCUT2D eigenvalue weighted by atomic mass is 10.2. The molecule has 0 atom stereocenters. The van der Waals surface area contributed by atoms with E-state index in [0.29, 0.717) is 12.8 Å². The number of hydrogen-bond donors (Lipinski definition) is 5. The molecule has 1 heterocycles. The molecule has 1 amide bonds. The minimum atomic E-state index is -0.870. The molecule has 1 fully saturated rings. The van der Waals surface area contributed by atoms with Gasteiger partial charge in [0.2, 0.25) is 5.91 Å². The van der Waals surface area contributed by atoms with Crippen LogP contribution in [0.4, 0.5) is 0 Å². The first-order chi connectivity index (χ1) is 10.4. The average Bonchev–Trinajstić information content (AvgIpc) is 2.72. The van der Waals surface area contributed by atoms with E-state index in [0.717, 1.165) is 25.8 Å². The summed E-state index contributed by atoms with van der Waals surface area (Å²) in [6.45, 7) is 0.638. The summed E-state index contributed by atoms with van der Waals surface area (Å²) in [5.74, 6) is -1.52. The molecule has 0 aromatic carbocycles. The first-order valence-corrected chi connectivity index (χ1v) is 7.36. The van der Waals surface area contributed by atoms with Crippen LogP contribution in [0.25, 0.3) is 0 Å². The van der Waals surface area contributed by atoms with Gasteiger partial charge in [0.25, 0.3) is 0 Å². The van der Waals surface area contributed by atoms with Crippen molar-refractivity contribution in [2.75, 3.05) is 19.8 Å². The molecule has 0 aromatic heterocycles. The normalized spacial score (nSPS) is 13.5. The fourth-order valence-electron chi connectivity index (χ4n) is 1.46. The number of nitrogens with one attached hydrogen (secondary N) is 1.